The SMILES string of the molecule is Cl.N[C@@H](CC1CC1)c1cc(F)cc(F)c1. The van der Waals surface area contributed by atoms with Crippen molar-refractivity contribution in [1.82, 2.24) is 0 Å². The van der Waals surface area contributed by atoms with E-state index in [9.17, 15) is 8.78 Å². The van der Waals surface area contributed by atoms with Crippen LogP contribution in [-0.2, 0) is 0 Å². The van der Waals surface area contributed by atoms with Gasteiger partial charge in [0.2, 0.25) is 0 Å². The molecule has 0 spiro atoms. The minimum Gasteiger partial charge on any atom is -0.324 e. The Morgan fingerprint density at radius 1 is 1.20 bits per heavy atom. The van der Waals surface area contributed by atoms with E-state index < -0.39 is 11.6 Å². The predicted octanol–water partition coefficient (Wildman–Crippen LogP) is 3.19. The number of rotatable bonds is 3. The van der Waals surface area contributed by atoms with Gasteiger partial charge in [-0.3, -0.25) is 0 Å². The summed E-state index contributed by atoms with van der Waals surface area (Å²) in [4.78, 5) is 0. The molecule has 84 valence electrons. The quantitative estimate of drug-likeness (QED) is 0.853. The molecule has 1 aromatic rings. The van der Waals surface area contributed by atoms with Gasteiger partial charge in [-0.15, -0.1) is 12.4 Å². The van der Waals surface area contributed by atoms with E-state index in [2.05, 4.69) is 0 Å². The fourth-order valence-electron chi connectivity index (χ4n) is 1.64. The molecule has 1 fully saturated rings. The topological polar surface area (TPSA) is 26.0 Å². The van der Waals surface area contributed by atoms with E-state index >= 15 is 0 Å². The maximum atomic E-state index is 12.8. The molecule has 1 saturated carbocycles. The van der Waals surface area contributed by atoms with Crippen LogP contribution in [0.15, 0.2) is 18.2 Å². The lowest BCUT2D eigenvalue weighted by molar-refractivity contribution is 0.556. The minimum atomic E-state index is -0.550. The second-order valence-corrected chi connectivity index (χ2v) is 3.99. The Morgan fingerprint density at radius 2 is 1.73 bits per heavy atom. The zero-order valence-electron chi connectivity index (χ0n) is 8.25. The van der Waals surface area contributed by atoms with Gasteiger partial charge in [0.25, 0.3) is 0 Å². The molecule has 0 bridgehead atoms. The van der Waals surface area contributed by atoms with Crippen molar-refractivity contribution in [3.63, 3.8) is 0 Å². The summed E-state index contributed by atoms with van der Waals surface area (Å²) in [6.45, 7) is 0. The first-order valence-corrected chi connectivity index (χ1v) is 4.87. The lowest BCUT2D eigenvalue weighted by atomic mass is 10.0. The van der Waals surface area contributed by atoms with Crippen molar-refractivity contribution in [1.29, 1.82) is 0 Å². The van der Waals surface area contributed by atoms with Crippen LogP contribution in [0.25, 0.3) is 0 Å². The third-order valence-corrected chi connectivity index (χ3v) is 2.60. The van der Waals surface area contributed by atoms with E-state index in [4.69, 9.17) is 5.73 Å². The maximum absolute atomic E-state index is 12.8. The number of hydrogen-bond donors (Lipinski definition) is 1. The average Bonchev–Trinajstić information content (AvgIpc) is 2.86. The van der Waals surface area contributed by atoms with E-state index in [1.807, 2.05) is 0 Å². The Hall–Kier alpha value is -0.670. The molecule has 15 heavy (non-hydrogen) atoms. The van der Waals surface area contributed by atoms with Crippen LogP contribution in [0.4, 0.5) is 8.78 Å². The second-order valence-electron chi connectivity index (χ2n) is 3.99. The molecule has 4 heteroatoms. The Kier molecular flexibility index (Phi) is 4.05. The predicted molar refractivity (Wildman–Crippen MR) is 57.9 cm³/mol. The van der Waals surface area contributed by atoms with Crippen LogP contribution < -0.4 is 5.73 Å². The number of benzene rings is 1. The average molecular weight is 234 g/mol. The zero-order valence-corrected chi connectivity index (χ0v) is 9.07. The molecule has 0 saturated heterocycles. The third kappa shape index (κ3) is 3.43. The highest BCUT2D eigenvalue weighted by molar-refractivity contribution is 5.85. The number of halogens is 3. The summed E-state index contributed by atoms with van der Waals surface area (Å²) in [6.07, 6.45) is 3.24. The molecule has 2 N–H and O–H groups in total. The molecular formula is C11H14ClF2N. The van der Waals surface area contributed by atoms with Crippen LogP contribution in [0.1, 0.15) is 30.9 Å². The van der Waals surface area contributed by atoms with Crippen LogP contribution in [0.2, 0.25) is 0 Å². The first-order valence-electron chi connectivity index (χ1n) is 4.87. The van der Waals surface area contributed by atoms with Gasteiger partial charge in [-0.05, 0) is 30.0 Å². The van der Waals surface area contributed by atoms with Crippen molar-refractivity contribution >= 4 is 12.4 Å². The molecule has 0 aromatic heterocycles. The molecule has 0 amide bonds. The molecule has 0 radical (unpaired) electrons. The van der Waals surface area contributed by atoms with Crippen LogP contribution >= 0.6 is 12.4 Å². The van der Waals surface area contributed by atoms with Gasteiger partial charge in [-0.25, -0.2) is 8.78 Å². The Labute approximate surface area is 94.1 Å². The van der Waals surface area contributed by atoms with Crippen LogP contribution in [0, 0.1) is 17.6 Å². The fraction of sp³-hybridized carbons (Fsp3) is 0.455. The summed E-state index contributed by atoms with van der Waals surface area (Å²) in [5.41, 5.74) is 6.40. The van der Waals surface area contributed by atoms with Crippen molar-refractivity contribution in [2.75, 3.05) is 0 Å². The molecule has 0 aliphatic heterocycles. The first kappa shape index (κ1) is 12.4. The summed E-state index contributed by atoms with van der Waals surface area (Å²) in [5, 5.41) is 0. The van der Waals surface area contributed by atoms with E-state index in [1.165, 1.54) is 25.0 Å². The van der Waals surface area contributed by atoms with Crippen molar-refractivity contribution in [2.24, 2.45) is 11.7 Å². The smallest absolute Gasteiger partial charge is 0.126 e. The Balaban J connectivity index is 0.00000112. The van der Waals surface area contributed by atoms with Gasteiger partial charge < -0.3 is 5.73 Å². The lowest BCUT2D eigenvalue weighted by Crippen LogP contribution is -2.11. The normalized spacial score (nSPS) is 17.0. The standard InChI is InChI=1S/C11H13F2N.ClH/c12-9-4-8(5-10(13)6-9)11(14)3-7-1-2-7;/h4-7,11H,1-3,14H2;1H/t11-;/m0./s1. The zero-order chi connectivity index (χ0) is 10.1. The van der Waals surface area contributed by atoms with E-state index in [1.54, 1.807) is 0 Å². The van der Waals surface area contributed by atoms with E-state index in [-0.39, 0.29) is 18.4 Å². The highest BCUT2D eigenvalue weighted by atomic mass is 35.5. The van der Waals surface area contributed by atoms with Crippen molar-refractivity contribution in [3.05, 3.63) is 35.4 Å². The molecule has 0 heterocycles. The van der Waals surface area contributed by atoms with Gasteiger partial charge in [0, 0.05) is 12.1 Å². The van der Waals surface area contributed by atoms with Crippen molar-refractivity contribution < 1.29 is 8.78 Å². The van der Waals surface area contributed by atoms with Gasteiger partial charge in [0.1, 0.15) is 11.6 Å². The van der Waals surface area contributed by atoms with Crippen molar-refractivity contribution in [3.8, 4) is 0 Å². The molecule has 0 unspecified atom stereocenters. The summed E-state index contributed by atoms with van der Waals surface area (Å²) in [5.74, 6) is -0.436. The van der Waals surface area contributed by atoms with Crippen LogP contribution in [0.5, 0.6) is 0 Å². The van der Waals surface area contributed by atoms with Crippen LogP contribution in [-0.4, -0.2) is 0 Å². The molecule has 1 atom stereocenters. The summed E-state index contributed by atoms with van der Waals surface area (Å²) in [6, 6.07) is 3.27. The Bertz CT molecular complexity index is 319. The van der Waals surface area contributed by atoms with E-state index in [0.717, 1.165) is 12.5 Å². The fourth-order valence-corrected chi connectivity index (χ4v) is 1.64. The lowest BCUT2D eigenvalue weighted by Gasteiger charge is -2.11. The monoisotopic (exact) mass is 233 g/mol. The first-order chi connectivity index (χ1) is 6.65. The van der Waals surface area contributed by atoms with Gasteiger partial charge in [-0.1, -0.05) is 12.8 Å². The maximum Gasteiger partial charge on any atom is 0.126 e. The van der Waals surface area contributed by atoms with Gasteiger partial charge in [0.05, 0.1) is 0 Å². The van der Waals surface area contributed by atoms with Crippen LogP contribution in [0.3, 0.4) is 0 Å². The van der Waals surface area contributed by atoms with Gasteiger partial charge >= 0.3 is 0 Å². The summed E-state index contributed by atoms with van der Waals surface area (Å²) >= 11 is 0. The van der Waals surface area contributed by atoms with Crippen molar-refractivity contribution in [2.45, 2.75) is 25.3 Å². The molecular weight excluding hydrogens is 220 g/mol. The summed E-state index contributed by atoms with van der Waals surface area (Å²) < 4.78 is 25.7. The molecule has 1 aliphatic carbocycles. The number of nitrogens with two attached hydrogens (primary N) is 1. The molecule has 1 aliphatic rings. The van der Waals surface area contributed by atoms with Gasteiger partial charge in [0.15, 0.2) is 0 Å². The highest BCUT2D eigenvalue weighted by Crippen LogP contribution is 2.36. The second kappa shape index (κ2) is 4.90. The molecule has 2 rings (SSSR count). The summed E-state index contributed by atoms with van der Waals surface area (Å²) in [7, 11) is 0. The molecule has 1 aromatic carbocycles. The largest absolute Gasteiger partial charge is 0.324 e. The Morgan fingerprint density at radius 3 is 2.20 bits per heavy atom. The van der Waals surface area contributed by atoms with Gasteiger partial charge in [-0.2, -0.15) is 0 Å². The third-order valence-electron chi connectivity index (χ3n) is 2.60. The van der Waals surface area contributed by atoms with E-state index in [0.29, 0.717) is 11.5 Å². The number of hydrogen-bond acceptors (Lipinski definition) is 1. The highest BCUT2D eigenvalue weighted by Gasteiger charge is 2.24. The minimum absolute atomic E-state index is 0. The molecule has 1 nitrogen and oxygen atoms in total.